The summed E-state index contributed by atoms with van der Waals surface area (Å²) >= 11 is 0. The summed E-state index contributed by atoms with van der Waals surface area (Å²) in [7, 11) is -2.54. The smallest absolute Gasteiger partial charge is 0.196 e. The van der Waals surface area contributed by atoms with Crippen LogP contribution in [0.15, 0.2) is 84.9 Å². The molecule has 0 amide bonds. The molecule has 0 radical (unpaired) electrons. The summed E-state index contributed by atoms with van der Waals surface area (Å²) in [6.07, 6.45) is 0. The third-order valence-electron chi connectivity index (χ3n) is 3.65. The van der Waals surface area contributed by atoms with Crippen LogP contribution in [-0.2, 0) is 0 Å². The van der Waals surface area contributed by atoms with Gasteiger partial charge in [-0.15, -0.1) is 0 Å². The van der Waals surface area contributed by atoms with Crippen molar-refractivity contribution in [3.8, 4) is 0 Å². The molecule has 3 heteroatoms. The third kappa shape index (κ3) is 2.37. The molecule has 106 valence electrons. The molecule has 0 aromatic heterocycles. The Balaban J connectivity index is 2.35. The minimum absolute atomic E-state index is 0.568. The highest BCUT2D eigenvalue weighted by atomic mass is 31.2. The molecule has 2 nitrogen and oxygen atoms in total. The maximum atomic E-state index is 9.36. The summed E-state index contributed by atoms with van der Waals surface area (Å²) in [5, 5.41) is 12.1. The summed E-state index contributed by atoms with van der Waals surface area (Å²) in [5.41, 5.74) is 0.568. The molecule has 0 aliphatic carbocycles. The Kier molecular flexibility index (Phi) is 3.92. The van der Waals surface area contributed by atoms with Crippen molar-refractivity contribution < 1.29 is 0 Å². The van der Waals surface area contributed by atoms with Gasteiger partial charge < -0.3 is 5.16 Å². The fourth-order valence-electron chi connectivity index (χ4n) is 2.57. The van der Waals surface area contributed by atoms with Crippen LogP contribution in [0.4, 0.5) is 5.69 Å². The molecule has 0 heterocycles. The summed E-state index contributed by atoms with van der Waals surface area (Å²) in [4.78, 5) is 3.65. The average Bonchev–Trinajstić information content (AvgIpc) is 2.62. The summed E-state index contributed by atoms with van der Waals surface area (Å²) in [5.74, 6) is 0. The Labute approximate surface area is 130 Å². The first-order valence-electron chi connectivity index (χ1n) is 6.99. The van der Waals surface area contributed by atoms with Crippen LogP contribution in [0, 0.1) is 11.7 Å². The van der Waals surface area contributed by atoms with Crippen molar-refractivity contribution in [1.82, 2.24) is 0 Å². The van der Waals surface area contributed by atoms with Crippen molar-refractivity contribution in [3.05, 3.63) is 96.3 Å². The largest absolute Gasteiger partial charge is 0.306 e. The predicted octanol–water partition coefficient (Wildman–Crippen LogP) is 4.29. The lowest BCUT2D eigenvalue weighted by Gasteiger charge is -2.25. The van der Waals surface area contributed by atoms with Crippen molar-refractivity contribution >= 4 is 28.7 Å². The zero-order valence-corrected chi connectivity index (χ0v) is 12.9. The molecule has 0 fully saturated rings. The van der Waals surface area contributed by atoms with Gasteiger partial charge in [0.2, 0.25) is 0 Å². The lowest BCUT2D eigenvalue weighted by atomic mass is 10.3. The molecule has 0 aliphatic rings. The first-order valence-corrected chi connectivity index (χ1v) is 8.78. The number of para-hydroxylation sites is 1. The molecule has 3 rings (SSSR count). The van der Waals surface area contributed by atoms with Crippen LogP contribution in [0.2, 0.25) is 0 Å². The van der Waals surface area contributed by atoms with Gasteiger partial charge in [0, 0.05) is 12.4 Å². The van der Waals surface area contributed by atoms with Crippen LogP contribution in [0.3, 0.4) is 0 Å². The van der Waals surface area contributed by atoms with E-state index in [1.807, 2.05) is 78.9 Å². The molecule has 0 saturated carbocycles. The number of nitrogens with zero attached hydrogens (tertiary/aromatic N) is 1. The van der Waals surface area contributed by atoms with E-state index < -0.39 is 7.05 Å². The topological polar surface area (TPSA) is 28.2 Å². The molecule has 22 heavy (non-hydrogen) atoms. The van der Waals surface area contributed by atoms with Crippen molar-refractivity contribution in [2.45, 2.75) is 0 Å². The lowest BCUT2D eigenvalue weighted by Crippen LogP contribution is -2.24. The minimum atomic E-state index is -2.54. The van der Waals surface area contributed by atoms with Gasteiger partial charge in [-0.2, -0.15) is 0 Å². The number of rotatable bonds is 3. The normalized spacial score (nSPS) is 10.9. The van der Waals surface area contributed by atoms with E-state index in [2.05, 4.69) is 4.85 Å². The fraction of sp³-hybridized carbons (Fsp3) is 0. The second-order valence-electron chi connectivity index (χ2n) is 4.94. The van der Waals surface area contributed by atoms with Crippen molar-refractivity contribution in [1.29, 1.82) is 5.16 Å². The Morgan fingerprint density at radius 3 is 1.64 bits per heavy atom. The van der Waals surface area contributed by atoms with Crippen molar-refractivity contribution in [3.63, 3.8) is 0 Å². The van der Waals surface area contributed by atoms with E-state index in [0.717, 1.165) is 15.9 Å². The second kappa shape index (κ2) is 6.02. The number of hydrogen-bond acceptors (Lipinski definition) is 1. The third-order valence-corrected chi connectivity index (χ3v) is 6.90. The second-order valence-corrected chi connectivity index (χ2v) is 7.80. The van der Waals surface area contributed by atoms with E-state index in [0.29, 0.717) is 5.69 Å². The van der Waals surface area contributed by atoms with Gasteiger partial charge in [-0.25, -0.2) is 4.85 Å². The van der Waals surface area contributed by atoms with Crippen molar-refractivity contribution in [2.75, 3.05) is 0 Å². The van der Waals surface area contributed by atoms with Gasteiger partial charge in [-0.05, 0) is 10.6 Å². The quantitative estimate of drug-likeness (QED) is 0.552. The van der Waals surface area contributed by atoms with Crippen LogP contribution in [0.5, 0.6) is 0 Å². The number of benzene rings is 3. The number of nitrogens with one attached hydrogen (secondary N) is 1. The lowest BCUT2D eigenvalue weighted by molar-refractivity contribution is 1.59. The van der Waals surface area contributed by atoms with Gasteiger partial charge in [0.05, 0.1) is 6.57 Å². The molecule has 0 unspecified atom stereocenters. The van der Waals surface area contributed by atoms with Gasteiger partial charge in [0.1, 0.15) is 0 Å². The van der Waals surface area contributed by atoms with E-state index in [1.165, 1.54) is 0 Å². The highest BCUT2D eigenvalue weighted by Crippen LogP contribution is 2.45. The standard InChI is InChI=1S/C19H15N2P/c1-21-18-14-8-9-15-19(18)22(20,16-10-4-2-5-11-16)17-12-6-3-7-13-17/h2-15,20H. The molecule has 0 atom stereocenters. The molecule has 3 aromatic rings. The summed E-state index contributed by atoms with van der Waals surface area (Å²) in [6, 6.07) is 27.2. The fourth-order valence-corrected chi connectivity index (χ4v) is 5.44. The first-order chi connectivity index (χ1) is 10.8. The van der Waals surface area contributed by atoms with E-state index >= 15 is 0 Å². The van der Waals surface area contributed by atoms with E-state index in [1.54, 1.807) is 6.07 Å². The van der Waals surface area contributed by atoms with Crippen LogP contribution in [-0.4, -0.2) is 0 Å². The maximum absolute atomic E-state index is 9.36. The summed E-state index contributed by atoms with van der Waals surface area (Å²) < 4.78 is 0. The summed E-state index contributed by atoms with van der Waals surface area (Å²) in [6.45, 7) is 7.45. The Hall–Kier alpha value is -2.62. The van der Waals surface area contributed by atoms with Crippen LogP contribution in [0.25, 0.3) is 4.85 Å². The van der Waals surface area contributed by atoms with Crippen LogP contribution >= 0.6 is 7.05 Å². The Morgan fingerprint density at radius 2 is 1.14 bits per heavy atom. The number of hydrogen-bond donors (Lipinski definition) is 1. The highest BCUT2D eigenvalue weighted by molar-refractivity contribution is 7.86. The van der Waals surface area contributed by atoms with Gasteiger partial charge in [-0.1, -0.05) is 84.9 Å². The molecule has 1 N–H and O–H groups in total. The van der Waals surface area contributed by atoms with Crippen LogP contribution in [0.1, 0.15) is 0 Å². The van der Waals surface area contributed by atoms with E-state index in [9.17, 15) is 5.16 Å². The Morgan fingerprint density at radius 1 is 0.682 bits per heavy atom. The van der Waals surface area contributed by atoms with Crippen LogP contribution < -0.4 is 15.9 Å². The molecule has 0 bridgehead atoms. The van der Waals surface area contributed by atoms with Crippen molar-refractivity contribution in [2.24, 2.45) is 0 Å². The minimum Gasteiger partial charge on any atom is -0.306 e. The monoisotopic (exact) mass is 302 g/mol. The zero-order valence-electron chi connectivity index (χ0n) is 12.0. The van der Waals surface area contributed by atoms with Gasteiger partial charge in [-0.3, -0.25) is 0 Å². The van der Waals surface area contributed by atoms with Gasteiger partial charge in [0.25, 0.3) is 0 Å². The predicted molar refractivity (Wildman–Crippen MR) is 94.1 cm³/mol. The maximum Gasteiger partial charge on any atom is 0.196 e. The Bertz CT molecular complexity index is 821. The molecule has 0 saturated heterocycles. The SMILES string of the molecule is [C-]#[N+]c1ccccc1P(=N)(c1ccccc1)c1ccccc1. The van der Waals surface area contributed by atoms with Gasteiger partial charge in [0.15, 0.2) is 5.69 Å². The molecule has 0 spiro atoms. The molecular weight excluding hydrogens is 287 g/mol. The van der Waals surface area contributed by atoms with E-state index in [-0.39, 0.29) is 0 Å². The highest BCUT2D eigenvalue weighted by Gasteiger charge is 2.26. The average molecular weight is 302 g/mol. The van der Waals surface area contributed by atoms with Gasteiger partial charge >= 0.3 is 0 Å². The zero-order chi connectivity index (χ0) is 15.4. The molecule has 3 aromatic carbocycles. The van der Waals surface area contributed by atoms with E-state index in [4.69, 9.17) is 6.57 Å². The molecule has 0 aliphatic heterocycles. The molecular formula is C19H15N2P. The first kappa shape index (κ1) is 14.3.